The van der Waals surface area contributed by atoms with Gasteiger partial charge in [0.25, 0.3) is 5.91 Å². The zero-order chi connectivity index (χ0) is 25.8. The summed E-state index contributed by atoms with van der Waals surface area (Å²) in [5.41, 5.74) is 3.49. The van der Waals surface area contributed by atoms with Crippen LogP contribution in [0.1, 0.15) is 47.3 Å². The Morgan fingerprint density at radius 3 is 2.76 bits per heavy atom. The molecule has 0 aliphatic carbocycles. The molecule has 1 aliphatic rings. The average Bonchev–Trinajstić information content (AvgIpc) is 3.59. The molecule has 5 rings (SSSR count). The molecule has 3 aromatic heterocycles. The van der Waals surface area contributed by atoms with Gasteiger partial charge < -0.3 is 30.6 Å². The van der Waals surface area contributed by atoms with Gasteiger partial charge in [-0.3, -0.25) is 4.79 Å². The number of aromatic nitrogens is 3. The molecule has 1 amide bonds. The molecule has 4 heterocycles. The molecule has 4 N–H and O–H groups in total. The van der Waals surface area contributed by atoms with Crippen LogP contribution in [-0.4, -0.2) is 59.6 Å². The monoisotopic (exact) mass is 519 g/mol. The molecule has 1 aliphatic heterocycles. The number of rotatable bonds is 9. The highest BCUT2D eigenvalue weighted by Crippen LogP contribution is 2.36. The van der Waals surface area contributed by atoms with E-state index in [9.17, 15) is 4.79 Å². The summed E-state index contributed by atoms with van der Waals surface area (Å²) in [5.74, 6) is 2.19. The number of ether oxygens (including phenoxy) is 1. The standard InChI is InChI=1S/C27H33N7O2S/c1-4-12-34-13-8-17(9-14-34)18-5-6-20(22(16-18)36-3)31-27-32-24-19(7-11-29-24)25(33-27)30-21-10-15-37-23(21)26(35)28-2/h5-7,10-11,15-17H,4,8-9,12-14H2,1-3H3,(H,28,35)(H3,29,30,31,32,33). The average molecular weight is 520 g/mol. The Kier molecular flexibility index (Phi) is 7.57. The van der Waals surface area contributed by atoms with Crippen molar-refractivity contribution >= 4 is 51.4 Å². The zero-order valence-corrected chi connectivity index (χ0v) is 22.2. The zero-order valence-electron chi connectivity index (χ0n) is 21.4. The van der Waals surface area contributed by atoms with Gasteiger partial charge in [0.05, 0.1) is 23.9 Å². The van der Waals surface area contributed by atoms with E-state index in [1.165, 1.54) is 29.9 Å². The molecule has 1 aromatic carbocycles. The van der Waals surface area contributed by atoms with E-state index in [4.69, 9.17) is 9.72 Å². The molecule has 0 atom stereocenters. The summed E-state index contributed by atoms with van der Waals surface area (Å²) < 4.78 is 5.76. The van der Waals surface area contributed by atoms with Crippen LogP contribution in [-0.2, 0) is 0 Å². The summed E-state index contributed by atoms with van der Waals surface area (Å²) in [5, 5.41) is 12.0. The number of nitrogens with zero attached hydrogens (tertiary/aromatic N) is 3. The van der Waals surface area contributed by atoms with E-state index < -0.39 is 0 Å². The Bertz CT molecular complexity index is 1370. The lowest BCUT2D eigenvalue weighted by molar-refractivity contribution is 0.0968. The molecule has 0 radical (unpaired) electrons. The normalized spacial score (nSPS) is 14.6. The molecule has 0 bridgehead atoms. The fourth-order valence-electron chi connectivity index (χ4n) is 4.91. The predicted octanol–water partition coefficient (Wildman–Crippen LogP) is 5.46. The minimum absolute atomic E-state index is 0.143. The number of likely N-dealkylation sites (tertiary alicyclic amines) is 1. The van der Waals surface area contributed by atoms with Crippen molar-refractivity contribution in [3.05, 3.63) is 52.3 Å². The largest absolute Gasteiger partial charge is 0.495 e. The molecule has 0 unspecified atom stereocenters. The number of methoxy groups -OCH3 is 1. The summed E-state index contributed by atoms with van der Waals surface area (Å²) in [6, 6.07) is 10.1. The summed E-state index contributed by atoms with van der Waals surface area (Å²) in [6.07, 6.45) is 5.36. The van der Waals surface area contributed by atoms with Gasteiger partial charge in [0.15, 0.2) is 0 Å². The SMILES string of the molecule is CCCN1CCC(c2ccc(Nc3nc(Nc4ccsc4C(=O)NC)c4cc[nH]c4n3)c(OC)c2)CC1. The lowest BCUT2D eigenvalue weighted by Crippen LogP contribution is -2.33. The smallest absolute Gasteiger partial charge is 0.263 e. The lowest BCUT2D eigenvalue weighted by atomic mass is 9.89. The van der Waals surface area contributed by atoms with E-state index in [0.29, 0.717) is 33.9 Å². The van der Waals surface area contributed by atoms with Crippen LogP contribution in [0.5, 0.6) is 5.75 Å². The Morgan fingerprint density at radius 1 is 1.16 bits per heavy atom. The molecule has 1 saturated heterocycles. The van der Waals surface area contributed by atoms with Crippen LogP contribution < -0.4 is 20.7 Å². The van der Waals surface area contributed by atoms with Gasteiger partial charge in [0, 0.05) is 13.2 Å². The first-order valence-corrected chi connectivity index (χ1v) is 13.6. The van der Waals surface area contributed by atoms with Crippen molar-refractivity contribution in [2.45, 2.75) is 32.1 Å². The molecule has 4 aromatic rings. The maximum atomic E-state index is 12.3. The first-order valence-electron chi connectivity index (χ1n) is 12.7. The van der Waals surface area contributed by atoms with Crippen molar-refractivity contribution in [1.29, 1.82) is 0 Å². The number of nitrogens with one attached hydrogen (secondary N) is 4. The number of anilines is 4. The van der Waals surface area contributed by atoms with E-state index in [1.54, 1.807) is 14.2 Å². The highest BCUT2D eigenvalue weighted by molar-refractivity contribution is 7.12. The number of hydrogen-bond acceptors (Lipinski definition) is 8. The second kappa shape index (κ2) is 11.2. The van der Waals surface area contributed by atoms with Crippen molar-refractivity contribution in [1.82, 2.24) is 25.2 Å². The summed E-state index contributed by atoms with van der Waals surface area (Å²) in [7, 11) is 3.31. The second-order valence-corrected chi connectivity index (χ2v) is 10.1. The number of carbonyl (C=O) groups excluding carboxylic acids is 1. The fourth-order valence-corrected chi connectivity index (χ4v) is 5.70. The second-order valence-electron chi connectivity index (χ2n) is 9.20. The molecular weight excluding hydrogens is 486 g/mol. The first kappa shape index (κ1) is 25.0. The van der Waals surface area contributed by atoms with E-state index in [2.05, 4.69) is 49.9 Å². The lowest BCUT2D eigenvalue weighted by Gasteiger charge is -2.32. The maximum Gasteiger partial charge on any atom is 0.263 e. The fraction of sp³-hybridized carbons (Fsp3) is 0.370. The van der Waals surface area contributed by atoms with Gasteiger partial charge in [-0.05, 0) is 80.0 Å². The van der Waals surface area contributed by atoms with Gasteiger partial charge in [-0.15, -0.1) is 11.3 Å². The molecule has 37 heavy (non-hydrogen) atoms. The van der Waals surface area contributed by atoms with E-state index in [-0.39, 0.29) is 5.91 Å². The molecule has 10 heteroatoms. The van der Waals surface area contributed by atoms with Crippen LogP contribution in [0.25, 0.3) is 11.0 Å². The third kappa shape index (κ3) is 5.40. The summed E-state index contributed by atoms with van der Waals surface area (Å²) in [6.45, 7) is 5.71. The van der Waals surface area contributed by atoms with Gasteiger partial charge >= 0.3 is 0 Å². The molecule has 1 fully saturated rings. The Morgan fingerprint density at radius 2 is 2.00 bits per heavy atom. The molecule has 194 valence electrons. The number of hydrogen-bond donors (Lipinski definition) is 4. The number of amides is 1. The van der Waals surface area contributed by atoms with Gasteiger partial charge in [0.1, 0.15) is 22.1 Å². The topological polar surface area (TPSA) is 107 Å². The van der Waals surface area contributed by atoms with E-state index >= 15 is 0 Å². The molecule has 0 saturated carbocycles. The van der Waals surface area contributed by atoms with Crippen LogP contribution in [0, 0.1) is 0 Å². The highest BCUT2D eigenvalue weighted by atomic mass is 32.1. The summed E-state index contributed by atoms with van der Waals surface area (Å²) >= 11 is 1.38. The predicted molar refractivity (Wildman–Crippen MR) is 150 cm³/mol. The highest BCUT2D eigenvalue weighted by Gasteiger charge is 2.21. The van der Waals surface area contributed by atoms with E-state index in [1.807, 2.05) is 29.8 Å². The number of thiophene rings is 1. The van der Waals surface area contributed by atoms with Crippen molar-refractivity contribution in [2.24, 2.45) is 0 Å². The van der Waals surface area contributed by atoms with Crippen LogP contribution in [0.3, 0.4) is 0 Å². The third-order valence-corrected chi connectivity index (χ3v) is 7.75. The molecule has 0 spiro atoms. The Balaban J connectivity index is 1.38. The number of H-pyrrole nitrogens is 1. The number of carbonyl (C=O) groups is 1. The minimum Gasteiger partial charge on any atom is -0.495 e. The van der Waals surface area contributed by atoms with Gasteiger partial charge in [0.2, 0.25) is 5.95 Å². The Labute approximate surface area is 220 Å². The number of fused-ring (bicyclic) bond motifs is 1. The first-order chi connectivity index (χ1) is 18.1. The van der Waals surface area contributed by atoms with Crippen molar-refractivity contribution in [3.8, 4) is 5.75 Å². The van der Waals surface area contributed by atoms with Gasteiger partial charge in [-0.2, -0.15) is 9.97 Å². The van der Waals surface area contributed by atoms with E-state index in [0.717, 1.165) is 42.8 Å². The van der Waals surface area contributed by atoms with Crippen molar-refractivity contribution in [2.75, 3.05) is 44.4 Å². The molecule has 9 nitrogen and oxygen atoms in total. The van der Waals surface area contributed by atoms with Crippen LogP contribution in [0.4, 0.5) is 23.1 Å². The van der Waals surface area contributed by atoms with Crippen LogP contribution in [0.2, 0.25) is 0 Å². The van der Waals surface area contributed by atoms with Crippen LogP contribution >= 0.6 is 11.3 Å². The molecular formula is C27H33N7O2S. The summed E-state index contributed by atoms with van der Waals surface area (Å²) in [4.78, 5) is 28.0. The van der Waals surface area contributed by atoms with Crippen molar-refractivity contribution in [3.63, 3.8) is 0 Å². The third-order valence-electron chi connectivity index (χ3n) is 6.84. The number of benzene rings is 1. The van der Waals surface area contributed by atoms with Gasteiger partial charge in [-0.25, -0.2) is 0 Å². The van der Waals surface area contributed by atoms with Crippen molar-refractivity contribution < 1.29 is 9.53 Å². The minimum atomic E-state index is -0.143. The van der Waals surface area contributed by atoms with Crippen LogP contribution in [0.15, 0.2) is 41.9 Å². The number of piperidine rings is 1. The maximum absolute atomic E-state index is 12.3. The number of aromatic amines is 1. The Hall–Kier alpha value is -3.63. The van der Waals surface area contributed by atoms with Gasteiger partial charge in [-0.1, -0.05) is 13.0 Å². The quantitative estimate of drug-likeness (QED) is 0.232.